The Morgan fingerprint density at radius 2 is 2.00 bits per heavy atom. The second-order valence-electron chi connectivity index (χ2n) is 6.42. The highest BCUT2D eigenvalue weighted by Crippen LogP contribution is 2.29. The average Bonchev–Trinajstić information content (AvgIpc) is 2.67. The summed E-state index contributed by atoms with van der Waals surface area (Å²) < 4.78 is 10.8. The van der Waals surface area contributed by atoms with Crippen LogP contribution in [0.3, 0.4) is 0 Å². The van der Waals surface area contributed by atoms with Crippen LogP contribution in [0.5, 0.6) is 11.5 Å². The largest absolute Gasteiger partial charge is 0.496 e. The topological polar surface area (TPSA) is 59.6 Å². The van der Waals surface area contributed by atoms with Crippen LogP contribution in [0.15, 0.2) is 42.5 Å². The van der Waals surface area contributed by atoms with Gasteiger partial charge in [0.1, 0.15) is 11.5 Å². The lowest BCUT2D eigenvalue weighted by Gasteiger charge is -2.26. The maximum Gasteiger partial charge on any atom is 0.238 e. The number of benzene rings is 2. The fourth-order valence-corrected chi connectivity index (χ4v) is 3.38. The van der Waals surface area contributed by atoms with Gasteiger partial charge < -0.3 is 20.1 Å². The molecule has 138 valence electrons. The average molecular weight is 354 g/mol. The molecule has 2 N–H and O–H groups in total. The van der Waals surface area contributed by atoms with Crippen molar-refractivity contribution in [3.05, 3.63) is 53.6 Å². The lowest BCUT2D eigenvalue weighted by molar-refractivity contribution is -0.115. The summed E-state index contributed by atoms with van der Waals surface area (Å²) >= 11 is 0. The molecule has 0 fully saturated rings. The van der Waals surface area contributed by atoms with Gasteiger partial charge >= 0.3 is 0 Å². The number of methoxy groups -OCH3 is 1. The van der Waals surface area contributed by atoms with Crippen LogP contribution in [0.1, 0.15) is 24.5 Å². The highest BCUT2D eigenvalue weighted by atomic mass is 16.5. The smallest absolute Gasteiger partial charge is 0.238 e. The molecule has 1 amide bonds. The zero-order valence-corrected chi connectivity index (χ0v) is 15.4. The summed E-state index contributed by atoms with van der Waals surface area (Å²) in [6.07, 6.45) is 2.89. The molecule has 5 nitrogen and oxygen atoms in total. The predicted molar refractivity (Wildman–Crippen MR) is 103 cm³/mol. The van der Waals surface area contributed by atoms with Crippen LogP contribution in [-0.2, 0) is 17.6 Å². The first-order valence-electron chi connectivity index (χ1n) is 9.10. The SMILES string of the molecule is CCOc1ccc(NC(=O)CNC2CCc3c(cccc3OC)C2)cc1. The highest BCUT2D eigenvalue weighted by molar-refractivity contribution is 5.92. The van der Waals surface area contributed by atoms with E-state index in [1.807, 2.05) is 43.3 Å². The monoisotopic (exact) mass is 354 g/mol. The van der Waals surface area contributed by atoms with E-state index in [2.05, 4.69) is 16.7 Å². The van der Waals surface area contributed by atoms with E-state index in [-0.39, 0.29) is 5.91 Å². The van der Waals surface area contributed by atoms with Gasteiger partial charge in [-0.3, -0.25) is 4.79 Å². The zero-order valence-electron chi connectivity index (χ0n) is 15.4. The number of amides is 1. The van der Waals surface area contributed by atoms with Crippen molar-refractivity contribution in [3.8, 4) is 11.5 Å². The molecule has 0 saturated heterocycles. The third-order valence-electron chi connectivity index (χ3n) is 4.66. The van der Waals surface area contributed by atoms with E-state index < -0.39 is 0 Å². The second kappa shape index (κ2) is 8.72. The minimum Gasteiger partial charge on any atom is -0.496 e. The minimum absolute atomic E-state index is 0.0365. The Morgan fingerprint density at radius 3 is 2.73 bits per heavy atom. The maximum atomic E-state index is 12.2. The van der Waals surface area contributed by atoms with Crippen LogP contribution < -0.4 is 20.1 Å². The highest BCUT2D eigenvalue weighted by Gasteiger charge is 2.21. The van der Waals surface area contributed by atoms with Crippen molar-refractivity contribution < 1.29 is 14.3 Å². The van der Waals surface area contributed by atoms with Gasteiger partial charge in [-0.15, -0.1) is 0 Å². The van der Waals surface area contributed by atoms with E-state index >= 15 is 0 Å². The van der Waals surface area contributed by atoms with E-state index in [0.717, 1.165) is 36.4 Å². The summed E-state index contributed by atoms with van der Waals surface area (Å²) in [4.78, 5) is 12.2. The zero-order chi connectivity index (χ0) is 18.4. The summed E-state index contributed by atoms with van der Waals surface area (Å²) in [5.74, 6) is 1.74. The Hall–Kier alpha value is -2.53. The van der Waals surface area contributed by atoms with Crippen molar-refractivity contribution in [2.45, 2.75) is 32.2 Å². The van der Waals surface area contributed by atoms with E-state index in [0.29, 0.717) is 19.2 Å². The van der Waals surface area contributed by atoms with E-state index in [1.54, 1.807) is 7.11 Å². The van der Waals surface area contributed by atoms with Gasteiger partial charge in [-0.25, -0.2) is 0 Å². The number of fused-ring (bicyclic) bond motifs is 1. The molecular formula is C21H26N2O3. The fraction of sp³-hybridized carbons (Fsp3) is 0.381. The van der Waals surface area contributed by atoms with Gasteiger partial charge in [0, 0.05) is 11.7 Å². The van der Waals surface area contributed by atoms with Crippen molar-refractivity contribution >= 4 is 11.6 Å². The summed E-state index contributed by atoms with van der Waals surface area (Å²) in [6, 6.07) is 13.9. The number of hydrogen-bond donors (Lipinski definition) is 2. The van der Waals surface area contributed by atoms with E-state index in [4.69, 9.17) is 9.47 Å². The van der Waals surface area contributed by atoms with Crippen LogP contribution in [-0.4, -0.2) is 32.2 Å². The molecule has 0 heterocycles. The van der Waals surface area contributed by atoms with Gasteiger partial charge in [-0.1, -0.05) is 12.1 Å². The van der Waals surface area contributed by atoms with Crippen LogP contribution in [0.25, 0.3) is 0 Å². The van der Waals surface area contributed by atoms with Crippen molar-refractivity contribution in [3.63, 3.8) is 0 Å². The van der Waals surface area contributed by atoms with Gasteiger partial charge in [-0.05, 0) is 67.6 Å². The lowest BCUT2D eigenvalue weighted by Crippen LogP contribution is -2.39. The van der Waals surface area contributed by atoms with Gasteiger partial charge in [0.2, 0.25) is 5.91 Å². The molecule has 0 aliphatic heterocycles. The summed E-state index contributed by atoms with van der Waals surface area (Å²) in [5, 5.41) is 6.29. The normalized spacial score (nSPS) is 15.8. The van der Waals surface area contributed by atoms with Crippen molar-refractivity contribution in [2.24, 2.45) is 0 Å². The summed E-state index contributed by atoms with van der Waals surface area (Å²) in [7, 11) is 1.71. The first-order chi connectivity index (χ1) is 12.7. The number of ether oxygens (including phenoxy) is 2. The Balaban J connectivity index is 1.49. The molecule has 0 aromatic heterocycles. The summed E-state index contributed by atoms with van der Waals surface area (Å²) in [6.45, 7) is 2.88. The molecule has 0 bridgehead atoms. The van der Waals surface area contributed by atoms with Gasteiger partial charge in [0.05, 0.1) is 20.3 Å². The van der Waals surface area contributed by atoms with E-state index in [1.165, 1.54) is 11.1 Å². The molecule has 1 aliphatic carbocycles. The molecule has 0 saturated carbocycles. The van der Waals surface area contributed by atoms with E-state index in [9.17, 15) is 4.79 Å². The standard InChI is InChI=1S/C21H26N2O3/c1-3-26-18-10-7-16(8-11-18)23-21(24)14-22-17-9-12-19-15(13-17)5-4-6-20(19)25-2/h4-8,10-11,17,22H,3,9,12-14H2,1-2H3,(H,23,24). The Kier molecular flexibility index (Phi) is 6.12. The molecule has 1 unspecified atom stereocenters. The number of nitrogens with one attached hydrogen (secondary N) is 2. The lowest BCUT2D eigenvalue weighted by atomic mass is 9.87. The third-order valence-corrected chi connectivity index (χ3v) is 4.66. The molecule has 0 radical (unpaired) electrons. The molecule has 0 spiro atoms. The van der Waals surface area contributed by atoms with Crippen molar-refractivity contribution in [1.82, 2.24) is 5.32 Å². The Morgan fingerprint density at radius 1 is 1.19 bits per heavy atom. The molecule has 2 aromatic carbocycles. The van der Waals surface area contributed by atoms with Crippen molar-refractivity contribution in [1.29, 1.82) is 0 Å². The second-order valence-corrected chi connectivity index (χ2v) is 6.42. The third kappa shape index (κ3) is 4.55. The van der Waals surface area contributed by atoms with Crippen LogP contribution in [0, 0.1) is 0 Å². The maximum absolute atomic E-state index is 12.2. The first kappa shape index (κ1) is 18.3. The van der Waals surface area contributed by atoms with Gasteiger partial charge in [0.25, 0.3) is 0 Å². The van der Waals surface area contributed by atoms with Gasteiger partial charge in [0.15, 0.2) is 0 Å². The molecule has 2 aromatic rings. The summed E-state index contributed by atoms with van der Waals surface area (Å²) in [5.41, 5.74) is 3.38. The fourth-order valence-electron chi connectivity index (χ4n) is 3.38. The van der Waals surface area contributed by atoms with Crippen LogP contribution >= 0.6 is 0 Å². The number of carbonyl (C=O) groups excluding carboxylic acids is 1. The molecule has 1 atom stereocenters. The van der Waals surface area contributed by atoms with Crippen LogP contribution in [0.2, 0.25) is 0 Å². The molecular weight excluding hydrogens is 328 g/mol. The molecule has 1 aliphatic rings. The number of hydrogen-bond acceptors (Lipinski definition) is 4. The predicted octanol–water partition coefficient (Wildman–Crippen LogP) is 3.18. The number of rotatable bonds is 7. The number of carbonyl (C=O) groups is 1. The Labute approximate surface area is 154 Å². The molecule has 3 rings (SSSR count). The molecule has 26 heavy (non-hydrogen) atoms. The molecule has 5 heteroatoms. The van der Waals surface area contributed by atoms with Crippen molar-refractivity contribution in [2.75, 3.05) is 25.6 Å². The Bertz CT molecular complexity index is 743. The van der Waals surface area contributed by atoms with Crippen LogP contribution in [0.4, 0.5) is 5.69 Å². The van der Waals surface area contributed by atoms with Gasteiger partial charge in [-0.2, -0.15) is 0 Å². The minimum atomic E-state index is -0.0365. The first-order valence-corrected chi connectivity index (χ1v) is 9.10. The quantitative estimate of drug-likeness (QED) is 0.802. The number of anilines is 1.